The molecule has 1 heterocycles. The molecule has 0 unspecified atom stereocenters. The number of fused-ring (bicyclic) bond motifs is 1. The average Bonchev–Trinajstić information content (AvgIpc) is 2.97. The minimum Gasteiger partial charge on any atom is -0.451 e. The predicted molar refractivity (Wildman–Crippen MR) is 108 cm³/mol. The van der Waals surface area contributed by atoms with Gasteiger partial charge in [-0.25, -0.2) is 13.1 Å². The second-order valence-corrected chi connectivity index (χ2v) is 8.92. The highest BCUT2D eigenvalue weighted by atomic mass is 79.9. The van der Waals surface area contributed by atoms with Gasteiger partial charge in [0.2, 0.25) is 10.0 Å². The molecule has 0 spiro atoms. The number of hydrogen-bond donors (Lipinski definition) is 2. The molecule has 2 N–H and O–H groups in total. The molecule has 0 aliphatic rings. The van der Waals surface area contributed by atoms with E-state index in [1.165, 1.54) is 0 Å². The number of halogens is 1. The van der Waals surface area contributed by atoms with Crippen LogP contribution >= 0.6 is 15.9 Å². The monoisotopic (exact) mass is 450 g/mol. The average molecular weight is 451 g/mol. The SMILES string of the molecule is Cc1c(C(=O)NCCS(=O)(=O)NCc2ccccc2)oc2ccc(Br)cc12. The van der Waals surface area contributed by atoms with Crippen LogP contribution in [0.5, 0.6) is 0 Å². The Labute approximate surface area is 166 Å². The highest BCUT2D eigenvalue weighted by Gasteiger charge is 2.18. The summed E-state index contributed by atoms with van der Waals surface area (Å²) in [6.07, 6.45) is 0. The number of furan rings is 1. The number of amides is 1. The Morgan fingerprint density at radius 1 is 1.15 bits per heavy atom. The van der Waals surface area contributed by atoms with Crippen molar-refractivity contribution in [3.63, 3.8) is 0 Å². The third-order valence-electron chi connectivity index (χ3n) is 4.10. The third kappa shape index (κ3) is 4.97. The number of benzene rings is 2. The number of aryl methyl sites for hydroxylation is 1. The van der Waals surface area contributed by atoms with Crippen LogP contribution in [0.25, 0.3) is 11.0 Å². The Bertz CT molecular complexity index is 1060. The molecule has 142 valence electrons. The van der Waals surface area contributed by atoms with E-state index in [9.17, 15) is 13.2 Å². The maximum atomic E-state index is 12.4. The summed E-state index contributed by atoms with van der Waals surface area (Å²) in [6.45, 7) is 2.00. The van der Waals surface area contributed by atoms with E-state index in [1.807, 2.05) is 42.5 Å². The fraction of sp³-hybridized carbons (Fsp3) is 0.211. The van der Waals surface area contributed by atoms with Gasteiger partial charge in [0, 0.05) is 28.5 Å². The zero-order valence-electron chi connectivity index (χ0n) is 14.7. The Kier molecular flexibility index (Phi) is 5.98. The smallest absolute Gasteiger partial charge is 0.287 e. The number of carbonyl (C=O) groups excluding carboxylic acids is 1. The highest BCUT2D eigenvalue weighted by molar-refractivity contribution is 9.10. The molecular formula is C19H19BrN2O4S. The molecule has 27 heavy (non-hydrogen) atoms. The molecular weight excluding hydrogens is 432 g/mol. The first-order valence-corrected chi connectivity index (χ1v) is 10.8. The molecule has 0 aliphatic heterocycles. The second kappa shape index (κ2) is 8.24. The van der Waals surface area contributed by atoms with E-state index < -0.39 is 15.9 Å². The zero-order valence-corrected chi connectivity index (χ0v) is 17.1. The van der Waals surface area contributed by atoms with Crippen LogP contribution in [0.15, 0.2) is 57.4 Å². The molecule has 8 heteroatoms. The molecule has 1 aromatic heterocycles. The number of carbonyl (C=O) groups is 1. The van der Waals surface area contributed by atoms with Gasteiger partial charge in [0.05, 0.1) is 5.75 Å². The predicted octanol–water partition coefficient (Wildman–Crippen LogP) is 3.35. The molecule has 0 saturated carbocycles. The molecule has 0 fully saturated rings. The van der Waals surface area contributed by atoms with Crippen LogP contribution in [-0.4, -0.2) is 26.6 Å². The van der Waals surface area contributed by atoms with Gasteiger partial charge >= 0.3 is 0 Å². The first kappa shape index (κ1) is 19.6. The maximum absolute atomic E-state index is 12.4. The summed E-state index contributed by atoms with van der Waals surface area (Å²) < 4.78 is 33.2. The molecule has 0 atom stereocenters. The molecule has 0 radical (unpaired) electrons. The minimum atomic E-state index is -3.50. The zero-order chi connectivity index (χ0) is 19.4. The number of rotatable bonds is 7. The topological polar surface area (TPSA) is 88.4 Å². The summed E-state index contributed by atoms with van der Waals surface area (Å²) in [4.78, 5) is 12.4. The van der Waals surface area contributed by atoms with Crippen LogP contribution in [0.4, 0.5) is 0 Å². The van der Waals surface area contributed by atoms with E-state index in [0.29, 0.717) is 11.1 Å². The van der Waals surface area contributed by atoms with E-state index in [-0.39, 0.29) is 24.6 Å². The van der Waals surface area contributed by atoms with Crippen molar-refractivity contribution >= 4 is 42.8 Å². The largest absolute Gasteiger partial charge is 0.451 e. The van der Waals surface area contributed by atoms with Gasteiger partial charge in [-0.05, 0) is 30.7 Å². The molecule has 6 nitrogen and oxygen atoms in total. The molecule has 0 aliphatic carbocycles. The van der Waals surface area contributed by atoms with Crippen molar-refractivity contribution in [2.75, 3.05) is 12.3 Å². The van der Waals surface area contributed by atoms with E-state index in [1.54, 1.807) is 13.0 Å². The van der Waals surface area contributed by atoms with Crippen molar-refractivity contribution < 1.29 is 17.6 Å². The summed E-state index contributed by atoms with van der Waals surface area (Å²) in [7, 11) is -3.50. The van der Waals surface area contributed by atoms with E-state index in [0.717, 1.165) is 15.4 Å². The van der Waals surface area contributed by atoms with Gasteiger partial charge in [-0.15, -0.1) is 0 Å². The Hall–Kier alpha value is -2.16. The normalized spacial score (nSPS) is 11.6. The summed E-state index contributed by atoms with van der Waals surface area (Å²) >= 11 is 3.39. The van der Waals surface area contributed by atoms with Crippen molar-refractivity contribution in [1.29, 1.82) is 0 Å². The minimum absolute atomic E-state index is 0.0108. The number of hydrogen-bond acceptors (Lipinski definition) is 4. The van der Waals surface area contributed by atoms with Crippen LogP contribution in [-0.2, 0) is 16.6 Å². The lowest BCUT2D eigenvalue weighted by Crippen LogP contribution is -2.34. The van der Waals surface area contributed by atoms with Gasteiger partial charge in [-0.2, -0.15) is 0 Å². The van der Waals surface area contributed by atoms with Gasteiger partial charge in [0.1, 0.15) is 5.58 Å². The fourth-order valence-electron chi connectivity index (χ4n) is 2.65. The van der Waals surface area contributed by atoms with Crippen molar-refractivity contribution in [1.82, 2.24) is 10.0 Å². The molecule has 2 aromatic carbocycles. The summed E-state index contributed by atoms with van der Waals surface area (Å²) in [5, 5.41) is 3.45. The Balaban J connectivity index is 1.57. The van der Waals surface area contributed by atoms with Gasteiger partial charge in [-0.1, -0.05) is 46.3 Å². The van der Waals surface area contributed by atoms with Crippen LogP contribution in [0.1, 0.15) is 21.7 Å². The van der Waals surface area contributed by atoms with Gasteiger partial charge in [0.25, 0.3) is 5.91 Å². The van der Waals surface area contributed by atoms with Gasteiger partial charge in [-0.3, -0.25) is 4.79 Å². The molecule has 3 rings (SSSR count). The molecule has 0 saturated heterocycles. The standard InChI is InChI=1S/C19H19BrN2O4S/c1-13-16-11-15(20)7-8-17(16)26-18(13)19(23)21-9-10-27(24,25)22-12-14-5-3-2-4-6-14/h2-8,11,22H,9-10,12H2,1H3,(H,21,23). The first-order chi connectivity index (χ1) is 12.9. The summed E-state index contributed by atoms with van der Waals surface area (Å²) in [5.41, 5.74) is 2.20. The first-order valence-electron chi connectivity index (χ1n) is 8.34. The Morgan fingerprint density at radius 3 is 2.63 bits per heavy atom. The van der Waals surface area contributed by atoms with Gasteiger partial charge in [0.15, 0.2) is 5.76 Å². The van der Waals surface area contributed by atoms with E-state index in [4.69, 9.17) is 4.42 Å². The van der Waals surface area contributed by atoms with E-state index >= 15 is 0 Å². The summed E-state index contributed by atoms with van der Waals surface area (Å²) in [5.74, 6) is -0.452. The van der Waals surface area contributed by atoms with Crippen LogP contribution in [0, 0.1) is 6.92 Å². The third-order valence-corrected chi connectivity index (χ3v) is 5.92. The number of nitrogens with one attached hydrogen (secondary N) is 2. The van der Waals surface area contributed by atoms with Crippen molar-refractivity contribution in [3.8, 4) is 0 Å². The lowest BCUT2D eigenvalue weighted by Gasteiger charge is -2.07. The molecule has 3 aromatic rings. The van der Waals surface area contributed by atoms with Gasteiger partial charge < -0.3 is 9.73 Å². The quantitative estimate of drug-likeness (QED) is 0.577. The van der Waals surface area contributed by atoms with Crippen LogP contribution in [0.2, 0.25) is 0 Å². The van der Waals surface area contributed by atoms with Crippen LogP contribution in [0.3, 0.4) is 0 Å². The molecule has 1 amide bonds. The fourth-order valence-corrected chi connectivity index (χ4v) is 3.91. The summed E-state index contributed by atoms with van der Waals surface area (Å²) in [6, 6.07) is 14.7. The van der Waals surface area contributed by atoms with Crippen LogP contribution < -0.4 is 10.0 Å². The van der Waals surface area contributed by atoms with Crippen molar-refractivity contribution in [3.05, 3.63) is 69.9 Å². The van der Waals surface area contributed by atoms with E-state index in [2.05, 4.69) is 26.0 Å². The maximum Gasteiger partial charge on any atom is 0.287 e. The lowest BCUT2D eigenvalue weighted by atomic mass is 10.1. The number of sulfonamides is 1. The van der Waals surface area contributed by atoms with Crippen molar-refractivity contribution in [2.24, 2.45) is 0 Å². The lowest BCUT2D eigenvalue weighted by molar-refractivity contribution is 0.0930. The second-order valence-electron chi connectivity index (χ2n) is 6.08. The highest BCUT2D eigenvalue weighted by Crippen LogP contribution is 2.27. The molecule has 0 bridgehead atoms. The van der Waals surface area contributed by atoms with Crippen molar-refractivity contribution in [2.45, 2.75) is 13.5 Å². The Morgan fingerprint density at radius 2 is 1.89 bits per heavy atom.